The van der Waals surface area contributed by atoms with Gasteiger partial charge in [-0.05, 0) is 41.7 Å². The maximum absolute atomic E-state index is 11.3. The van der Waals surface area contributed by atoms with E-state index in [0.29, 0.717) is 0 Å². The van der Waals surface area contributed by atoms with Crippen LogP contribution in [0.15, 0.2) is 42.5 Å². The Morgan fingerprint density at radius 2 is 1.81 bits per heavy atom. The molecule has 0 fully saturated rings. The van der Waals surface area contributed by atoms with E-state index in [0.717, 1.165) is 30.6 Å². The maximum atomic E-state index is 11.3. The van der Waals surface area contributed by atoms with Gasteiger partial charge in [-0.3, -0.25) is 0 Å². The number of rotatable bonds is 2. The monoisotopic (exact) mass is 280 g/mol. The summed E-state index contributed by atoms with van der Waals surface area (Å²) in [6, 6.07) is 14.5. The van der Waals surface area contributed by atoms with Crippen LogP contribution in [0, 0.1) is 5.92 Å². The van der Waals surface area contributed by atoms with Gasteiger partial charge in [0, 0.05) is 11.8 Å². The number of carbonyl (C=O) groups is 1. The van der Waals surface area contributed by atoms with E-state index in [1.165, 1.54) is 16.7 Å². The Hall–Kier alpha value is -2.29. The molecule has 3 heteroatoms. The quantitative estimate of drug-likeness (QED) is 0.792. The number of benzene rings is 2. The van der Waals surface area contributed by atoms with Gasteiger partial charge in [-0.25, -0.2) is 0 Å². The third-order valence-electron chi connectivity index (χ3n) is 4.42. The third-order valence-corrected chi connectivity index (χ3v) is 4.42. The molecule has 0 amide bonds. The van der Waals surface area contributed by atoms with E-state index in [2.05, 4.69) is 18.2 Å². The molecule has 0 aromatic heterocycles. The molecule has 0 bridgehead atoms. The highest BCUT2D eigenvalue weighted by Gasteiger charge is 2.30. The van der Waals surface area contributed by atoms with Crippen LogP contribution >= 0.6 is 0 Å². The predicted molar refractivity (Wildman–Crippen MR) is 78.7 cm³/mol. The first-order chi connectivity index (χ1) is 10.3. The molecule has 0 saturated carbocycles. The van der Waals surface area contributed by atoms with Gasteiger partial charge in [-0.15, -0.1) is 0 Å². The summed E-state index contributed by atoms with van der Waals surface area (Å²) in [6.45, 7) is 0.283. The molecule has 1 aliphatic carbocycles. The second-order valence-electron chi connectivity index (χ2n) is 5.70. The van der Waals surface area contributed by atoms with Crippen molar-refractivity contribution >= 4 is 6.29 Å². The summed E-state index contributed by atoms with van der Waals surface area (Å²) in [5.41, 5.74) is 3.73. The fraction of sp³-hybridized carbons (Fsp3) is 0.278. The molecule has 3 nitrogen and oxygen atoms in total. The molecular weight excluding hydrogens is 264 g/mol. The van der Waals surface area contributed by atoms with Gasteiger partial charge in [0.2, 0.25) is 6.79 Å². The minimum atomic E-state index is 0.0723. The Morgan fingerprint density at radius 3 is 2.57 bits per heavy atom. The first-order valence-corrected chi connectivity index (χ1v) is 7.28. The second kappa shape index (κ2) is 4.92. The molecule has 21 heavy (non-hydrogen) atoms. The molecule has 0 radical (unpaired) electrons. The highest BCUT2D eigenvalue weighted by Crippen LogP contribution is 2.44. The molecule has 1 aliphatic heterocycles. The normalized spacial score (nSPS) is 22.7. The van der Waals surface area contributed by atoms with E-state index in [9.17, 15) is 4.79 Å². The molecule has 106 valence electrons. The summed E-state index contributed by atoms with van der Waals surface area (Å²) in [4.78, 5) is 11.3. The van der Waals surface area contributed by atoms with E-state index in [4.69, 9.17) is 9.47 Å². The van der Waals surface area contributed by atoms with Gasteiger partial charge >= 0.3 is 0 Å². The Bertz CT molecular complexity index is 678. The first kappa shape index (κ1) is 12.5. The molecule has 2 aromatic carbocycles. The van der Waals surface area contributed by atoms with E-state index < -0.39 is 0 Å². The Kier molecular flexibility index (Phi) is 2.92. The van der Waals surface area contributed by atoms with E-state index in [-0.39, 0.29) is 18.6 Å². The van der Waals surface area contributed by atoms with Gasteiger partial charge < -0.3 is 14.3 Å². The SMILES string of the molecule is O=C[C@H]1Cc2cc3c(cc2[C@@H](c2ccccc2)C1)OCO3. The van der Waals surface area contributed by atoms with Gasteiger partial charge in [0.05, 0.1) is 0 Å². The minimum Gasteiger partial charge on any atom is -0.454 e. The lowest BCUT2D eigenvalue weighted by Crippen LogP contribution is -2.20. The zero-order valence-corrected chi connectivity index (χ0v) is 11.6. The van der Waals surface area contributed by atoms with Crippen molar-refractivity contribution < 1.29 is 14.3 Å². The number of hydrogen-bond acceptors (Lipinski definition) is 3. The molecule has 0 unspecified atom stereocenters. The van der Waals surface area contributed by atoms with E-state index in [1.54, 1.807) is 0 Å². The van der Waals surface area contributed by atoms with Gasteiger partial charge in [-0.1, -0.05) is 30.3 Å². The predicted octanol–water partition coefficient (Wildman–Crippen LogP) is 3.31. The van der Waals surface area contributed by atoms with Crippen LogP contribution in [-0.2, 0) is 11.2 Å². The van der Waals surface area contributed by atoms with Crippen molar-refractivity contribution in [3.05, 3.63) is 59.2 Å². The van der Waals surface area contributed by atoms with E-state index >= 15 is 0 Å². The van der Waals surface area contributed by atoms with Gasteiger partial charge in [-0.2, -0.15) is 0 Å². The van der Waals surface area contributed by atoms with Crippen LogP contribution in [0.5, 0.6) is 11.5 Å². The van der Waals surface area contributed by atoms with Gasteiger partial charge in [0.25, 0.3) is 0 Å². The van der Waals surface area contributed by atoms with Crippen molar-refractivity contribution in [2.45, 2.75) is 18.8 Å². The molecule has 2 aromatic rings. The molecule has 0 saturated heterocycles. The molecular formula is C18H16O3. The summed E-state index contributed by atoms with van der Waals surface area (Å²) in [5.74, 6) is 1.94. The Balaban J connectivity index is 1.84. The van der Waals surface area contributed by atoms with Gasteiger partial charge in [0.1, 0.15) is 6.29 Å². The zero-order valence-electron chi connectivity index (χ0n) is 11.6. The Labute approximate surface area is 123 Å². The van der Waals surface area contributed by atoms with Crippen molar-refractivity contribution in [3.8, 4) is 11.5 Å². The standard InChI is InChI=1S/C18H16O3/c19-10-12-6-14-8-17-18(21-11-20-17)9-16(14)15(7-12)13-4-2-1-3-5-13/h1-5,8-10,12,15H,6-7,11H2/t12-,15+/m0/s1. The summed E-state index contributed by atoms with van der Waals surface area (Å²) < 4.78 is 11.0. The third kappa shape index (κ3) is 2.09. The smallest absolute Gasteiger partial charge is 0.231 e. The van der Waals surface area contributed by atoms with Crippen LogP contribution in [0.25, 0.3) is 0 Å². The molecule has 0 spiro atoms. The van der Waals surface area contributed by atoms with Crippen molar-refractivity contribution in [1.29, 1.82) is 0 Å². The average Bonchev–Trinajstić information content (AvgIpc) is 2.99. The summed E-state index contributed by atoms with van der Waals surface area (Å²) in [6.07, 6.45) is 2.74. The van der Waals surface area contributed by atoms with Crippen LogP contribution in [0.2, 0.25) is 0 Å². The Morgan fingerprint density at radius 1 is 1.05 bits per heavy atom. The van der Waals surface area contributed by atoms with Crippen molar-refractivity contribution in [2.24, 2.45) is 5.92 Å². The summed E-state index contributed by atoms with van der Waals surface area (Å²) in [7, 11) is 0. The second-order valence-corrected chi connectivity index (χ2v) is 5.70. The van der Waals surface area contributed by atoms with Gasteiger partial charge in [0.15, 0.2) is 11.5 Å². The topological polar surface area (TPSA) is 35.5 Å². The van der Waals surface area contributed by atoms with Crippen LogP contribution in [0.1, 0.15) is 29.0 Å². The largest absolute Gasteiger partial charge is 0.454 e. The average molecular weight is 280 g/mol. The number of carbonyl (C=O) groups excluding carboxylic acids is 1. The first-order valence-electron chi connectivity index (χ1n) is 7.28. The van der Waals surface area contributed by atoms with Crippen LogP contribution < -0.4 is 9.47 Å². The minimum absolute atomic E-state index is 0.0723. The lowest BCUT2D eigenvalue weighted by atomic mass is 9.74. The van der Waals surface area contributed by atoms with Crippen LogP contribution in [0.4, 0.5) is 0 Å². The fourth-order valence-corrected chi connectivity index (χ4v) is 3.40. The zero-order chi connectivity index (χ0) is 14.2. The summed E-state index contributed by atoms with van der Waals surface area (Å²) >= 11 is 0. The number of fused-ring (bicyclic) bond motifs is 2. The molecule has 2 aliphatic rings. The van der Waals surface area contributed by atoms with Crippen LogP contribution in [0.3, 0.4) is 0 Å². The van der Waals surface area contributed by atoms with Crippen molar-refractivity contribution in [2.75, 3.05) is 6.79 Å². The number of ether oxygens (including phenoxy) is 2. The van der Waals surface area contributed by atoms with Crippen molar-refractivity contribution in [1.82, 2.24) is 0 Å². The number of hydrogen-bond donors (Lipinski definition) is 0. The molecule has 0 N–H and O–H groups in total. The molecule has 2 atom stereocenters. The van der Waals surface area contributed by atoms with Crippen LogP contribution in [-0.4, -0.2) is 13.1 Å². The highest BCUT2D eigenvalue weighted by atomic mass is 16.7. The van der Waals surface area contributed by atoms with Crippen molar-refractivity contribution in [3.63, 3.8) is 0 Å². The maximum Gasteiger partial charge on any atom is 0.231 e. The number of aldehydes is 1. The highest BCUT2D eigenvalue weighted by molar-refractivity contribution is 5.60. The molecule has 4 rings (SSSR count). The fourth-order valence-electron chi connectivity index (χ4n) is 3.40. The summed E-state index contributed by atoms with van der Waals surface area (Å²) in [5, 5.41) is 0. The lowest BCUT2D eigenvalue weighted by molar-refractivity contribution is -0.111. The van der Waals surface area contributed by atoms with E-state index in [1.807, 2.05) is 24.3 Å². The lowest BCUT2D eigenvalue weighted by Gasteiger charge is -2.29. The molecule has 1 heterocycles.